The number of phenolic OH excluding ortho intramolecular Hbond substituents is 1. The zero-order chi connectivity index (χ0) is 25.3. The number of amidine groups is 1. The van der Waals surface area contributed by atoms with Crippen molar-refractivity contribution in [1.29, 1.82) is 0 Å². The molecule has 0 fully saturated rings. The molecule has 0 aliphatic rings. The Morgan fingerprint density at radius 1 is 1.00 bits per heavy atom. The minimum atomic E-state index is -0.979. The zero-order valence-corrected chi connectivity index (χ0v) is 22.8. The van der Waals surface area contributed by atoms with E-state index in [0.717, 1.165) is 16.1 Å². The molecule has 5 nitrogen and oxygen atoms in total. The summed E-state index contributed by atoms with van der Waals surface area (Å²) in [5.74, 6) is -0.312. The van der Waals surface area contributed by atoms with E-state index < -0.39 is 11.4 Å². The maximum absolute atomic E-state index is 12.3. The molecular formula is C28H35ClN2O3S. The number of aromatic hydroxyl groups is 1. The highest BCUT2D eigenvalue weighted by Gasteiger charge is 2.31. The second-order valence-corrected chi connectivity index (χ2v) is 11.6. The standard InChI is InChI=1S/C28H34N2O3S.ClH/c1-27(2,3)21-16-20(26(32)33)19(23(24(21)31)28(4,5)6)13-12-17-9-7-10-18(15-17)30-25(29)22-11-8-14-34-22;/h7-11,14-16,31H,12-13H2,1-6H3,(H2,29,30)(H,32,33);1H. The molecule has 0 spiro atoms. The van der Waals surface area contributed by atoms with Gasteiger partial charge in [-0.2, -0.15) is 0 Å². The fourth-order valence-electron chi connectivity index (χ4n) is 4.21. The molecule has 3 aromatic rings. The van der Waals surface area contributed by atoms with E-state index >= 15 is 0 Å². The molecule has 0 amide bonds. The van der Waals surface area contributed by atoms with Crippen LogP contribution in [0.1, 0.15) is 79.0 Å². The zero-order valence-electron chi connectivity index (χ0n) is 21.2. The lowest BCUT2D eigenvalue weighted by atomic mass is 9.74. The fourth-order valence-corrected chi connectivity index (χ4v) is 4.84. The van der Waals surface area contributed by atoms with E-state index in [-0.39, 0.29) is 29.1 Å². The summed E-state index contributed by atoms with van der Waals surface area (Å²) in [6.45, 7) is 12.0. The smallest absolute Gasteiger partial charge is 0.335 e. The number of carbonyl (C=O) groups is 1. The molecule has 0 bridgehead atoms. The first-order valence-electron chi connectivity index (χ1n) is 11.4. The van der Waals surface area contributed by atoms with Crippen molar-refractivity contribution in [1.82, 2.24) is 0 Å². The van der Waals surface area contributed by atoms with Gasteiger partial charge in [0.1, 0.15) is 11.6 Å². The van der Waals surface area contributed by atoms with E-state index in [1.54, 1.807) is 6.07 Å². The van der Waals surface area contributed by atoms with Crippen LogP contribution in [0.4, 0.5) is 5.69 Å². The SMILES string of the molecule is CC(C)(C)c1cc(C(=O)O)c(CCc2cccc(N=C(N)c3cccs3)c2)c(C(C)(C)C)c1O.Cl. The predicted octanol–water partition coefficient (Wildman–Crippen LogP) is 6.99. The molecule has 0 saturated carbocycles. The fraction of sp³-hybridized carbons (Fsp3) is 0.357. The lowest BCUT2D eigenvalue weighted by Gasteiger charge is -2.31. The summed E-state index contributed by atoms with van der Waals surface area (Å²) < 4.78 is 0. The van der Waals surface area contributed by atoms with Crippen molar-refractivity contribution < 1.29 is 15.0 Å². The number of hydrogen-bond acceptors (Lipinski definition) is 4. The van der Waals surface area contributed by atoms with Crippen LogP contribution >= 0.6 is 23.7 Å². The number of benzene rings is 2. The van der Waals surface area contributed by atoms with Crippen LogP contribution < -0.4 is 5.73 Å². The van der Waals surface area contributed by atoms with Crippen molar-refractivity contribution in [3.05, 3.63) is 80.5 Å². The number of rotatable bonds is 6. The van der Waals surface area contributed by atoms with Crippen LogP contribution in [0.2, 0.25) is 0 Å². The molecule has 0 radical (unpaired) electrons. The highest BCUT2D eigenvalue weighted by molar-refractivity contribution is 7.12. The average Bonchev–Trinajstić information content (AvgIpc) is 3.25. The number of aliphatic imine (C=N–C) groups is 1. The van der Waals surface area contributed by atoms with Gasteiger partial charge in [-0.1, -0.05) is 59.7 Å². The summed E-state index contributed by atoms with van der Waals surface area (Å²) in [6.07, 6.45) is 1.10. The number of carboxylic acid groups (broad SMARTS) is 1. The second-order valence-electron chi connectivity index (χ2n) is 10.6. The van der Waals surface area contributed by atoms with E-state index in [1.807, 2.05) is 83.3 Å². The molecule has 1 aromatic heterocycles. The van der Waals surface area contributed by atoms with Gasteiger partial charge in [0.15, 0.2) is 0 Å². The molecule has 0 aliphatic carbocycles. The van der Waals surface area contributed by atoms with Crippen molar-refractivity contribution in [3.63, 3.8) is 0 Å². The quantitative estimate of drug-likeness (QED) is 0.244. The minimum Gasteiger partial charge on any atom is -0.507 e. The first-order valence-corrected chi connectivity index (χ1v) is 12.3. The Morgan fingerprint density at radius 2 is 1.69 bits per heavy atom. The maximum atomic E-state index is 12.3. The number of nitrogens with zero attached hydrogens (tertiary/aromatic N) is 1. The molecule has 188 valence electrons. The molecule has 0 unspecified atom stereocenters. The van der Waals surface area contributed by atoms with E-state index in [0.29, 0.717) is 35.4 Å². The van der Waals surface area contributed by atoms with Crippen molar-refractivity contribution in [3.8, 4) is 5.75 Å². The van der Waals surface area contributed by atoms with Gasteiger partial charge in [0, 0.05) is 11.1 Å². The summed E-state index contributed by atoms with van der Waals surface area (Å²) >= 11 is 1.54. The van der Waals surface area contributed by atoms with Gasteiger partial charge in [0.2, 0.25) is 0 Å². The molecule has 4 N–H and O–H groups in total. The molecule has 2 aromatic carbocycles. The predicted molar refractivity (Wildman–Crippen MR) is 148 cm³/mol. The largest absolute Gasteiger partial charge is 0.507 e. The monoisotopic (exact) mass is 514 g/mol. The summed E-state index contributed by atoms with van der Waals surface area (Å²) in [6, 6.07) is 13.3. The number of nitrogens with two attached hydrogens (primary N) is 1. The van der Waals surface area contributed by atoms with E-state index in [9.17, 15) is 15.0 Å². The molecular weight excluding hydrogens is 480 g/mol. The number of halogens is 1. The van der Waals surface area contributed by atoms with Gasteiger partial charge in [-0.3, -0.25) is 0 Å². The van der Waals surface area contributed by atoms with Crippen LogP contribution in [0.5, 0.6) is 5.75 Å². The van der Waals surface area contributed by atoms with Crippen LogP contribution in [0, 0.1) is 0 Å². The Balaban J connectivity index is 0.00000432. The van der Waals surface area contributed by atoms with E-state index in [2.05, 4.69) is 4.99 Å². The topological polar surface area (TPSA) is 95.9 Å². The van der Waals surface area contributed by atoms with Crippen molar-refractivity contribution >= 4 is 41.2 Å². The van der Waals surface area contributed by atoms with Gasteiger partial charge in [-0.25, -0.2) is 9.79 Å². The highest BCUT2D eigenvalue weighted by atomic mass is 35.5. The summed E-state index contributed by atoms with van der Waals surface area (Å²) in [4.78, 5) is 17.7. The van der Waals surface area contributed by atoms with E-state index in [1.165, 1.54) is 11.3 Å². The van der Waals surface area contributed by atoms with Gasteiger partial charge in [0.25, 0.3) is 0 Å². The van der Waals surface area contributed by atoms with Crippen LogP contribution in [-0.2, 0) is 23.7 Å². The summed E-state index contributed by atoms with van der Waals surface area (Å²) in [7, 11) is 0. The Hall–Kier alpha value is -2.83. The number of thiophene rings is 1. The Bertz CT molecular complexity index is 1220. The molecule has 35 heavy (non-hydrogen) atoms. The first kappa shape index (κ1) is 28.4. The number of aromatic carboxylic acids is 1. The third-order valence-corrected chi connectivity index (χ3v) is 6.69. The van der Waals surface area contributed by atoms with Gasteiger partial charge in [-0.15, -0.1) is 23.7 Å². The lowest BCUT2D eigenvalue weighted by Crippen LogP contribution is -2.22. The van der Waals surface area contributed by atoms with Crippen molar-refractivity contribution in [2.24, 2.45) is 10.7 Å². The van der Waals surface area contributed by atoms with Gasteiger partial charge in [-0.05, 0) is 64.4 Å². The molecule has 1 heterocycles. The van der Waals surface area contributed by atoms with Crippen LogP contribution in [0.15, 0.2) is 52.8 Å². The number of hydrogen-bond donors (Lipinski definition) is 3. The summed E-state index contributed by atoms with van der Waals surface area (Å²) in [5.41, 5.74) is 9.39. The second kappa shape index (κ2) is 10.8. The van der Waals surface area contributed by atoms with Crippen LogP contribution in [0.3, 0.4) is 0 Å². The molecule has 0 aliphatic heterocycles. The highest BCUT2D eigenvalue weighted by Crippen LogP contribution is 2.43. The number of aryl methyl sites for hydroxylation is 1. The minimum absolute atomic E-state index is 0. The molecule has 0 saturated heterocycles. The van der Waals surface area contributed by atoms with Crippen LogP contribution in [-0.4, -0.2) is 22.0 Å². The molecule has 3 rings (SSSR count). The van der Waals surface area contributed by atoms with E-state index in [4.69, 9.17) is 5.73 Å². The number of phenols is 1. The van der Waals surface area contributed by atoms with Crippen LogP contribution in [0.25, 0.3) is 0 Å². The average molecular weight is 515 g/mol. The maximum Gasteiger partial charge on any atom is 0.335 e. The molecule has 7 heteroatoms. The van der Waals surface area contributed by atoms with Gasteiger partial charge >= 0.3 is 5.97 Å². The van der Waals surface area contributed by atoms with Gasteiger partial charge < -0.3 is 15.9 Å². The third kappa shape index (κ3) is 6.65. The normalized spacial score (nSPS) is 12.3. The Morgan fingerprint density at radius 3 is 2.23 bits per heavy atom. The summed E-state index contributed by atoms with van der Waals surface area (Å²) in [5, 5.41) is 23.3. The lowest BCUT2D eigenvalue weighted by molar-refractivity contribution is 0.0695. The number of carboxylic acids is 1. The Kier molecular flexibility index (Phi) is 8.79. The van der Waals surface area contributed by atoms with Crippen molar-refractivity contribution in [2.45, 2.75) is 65.2 Å². The molecule has 0 atom stereocenters. The van der Waals surface area contributed by atoms with Gasteiger partial charge in [0.05, 0.1) is 16.1 Å². The van der Waals surface area contributed by atoms with Crippen molar-refractivity contribution in [2.75, 3.05) is 0 Å². The Labute approximate surface area is 218 Å². The third-order valence-electron chi connectivity index (χ3n) is 5.79. The first-order chi connectivity index (χ1) is 15.8.